The van der Waals surface area contributed by atoms with Gasteiger partial charge in [0, 0.05) is 18.0 Å². The molecule has 4 aromatic rings. The number of nitro groups is 1. The number of hydrazine groups is 1. The van der Waals surface area contributed by atoms with Crippen molar-refractivity contribution >= 4 is 23.1 Å². The number of aromatic nitrogens is 6. The monoisotopic (exact) mass is 365 g/mol. The molecule has 134 valence electrons. The molecule has 0 saturated carbocycles. The first-order valence-electron chi connectivity index (χ1n) is 7.64. The average molecular weight is 365 g/mol. The van der Waals surface area contributed by atoms with E-state index in [1.807, 2.05) is 18.2 Å². The number of hydrogen-bond donors (Lipinski definition) is 3. The normalized spacial score (nSPS) is 10.7. The van der Waals surface area contributed by atoms with Crippen molar-refractivity contribution in [3.8, 4) is 11.3 Å². The first-order chi connectivity index (χ1) is 13.1. The van der Waals surface area contributed by atoms with E-state index in [1.165, 1.54) is 16.9 Å². The quantitative estimate of drug-likeness (QED) is 0.351. The molecule has 0 radical (unpaired) electrons. The van der Waals surface area contributed by atoms with E-state index in [9.17, 15) is 14.9 Å². The molecule has 0 aliphatic rings. The van der Waals surface area contributed by atoms with Crippen molar-refractivity contribution < 1.29 is 9.72 Å². The largest absolute Gasteiger partial charge is 0.314 e. The zero-order chi connectivity index (χ0) is 18.8. The van der Waals surface area contributed by atoms with Crippen LogP contribution in [0.4, 0.5) is 11.4 Å². The summed E-state index contributed by atoms with van der Waals surface area (Å²) < 4.78 is 1.26. The van der Waals surface area contributed by atoms with Crippen molar-refractivity contribution in [1.82, 2.24) is 35.2 Å². The number of nitrogens with zero attached hydrogens (tertiary/aromatic N) is 6. The molecule has 0 spiro atoms. The van der Waals surface area contributed by atoms with Crippen LogP contribution in [0.15, 0.2) is 48.9 Å². The van der Waals surface area contributed by atoms with Gasteiger partial charge in [-0.1, -0.05) is 18.2 Å². The molecule has 0 unspecified atom stereocenters. The lowest BCUT2D eigenvalue weighted by Crippen LogP contribution is -2.30. The Kier molecular flexibility index (Phi) is 3.89. The summed E-state index contributed by atoms with van der Waals surface area (Å²) in [6, 6.07) is 9.05. The van der Waals surface area contributed by atoms with Crippen molar-refractivity contribution in [2.45, 2.75) is 0 Å². The lowest BCUT2D eigenvalue weighted by atomic mass is 10.2. The standard InChI is InChI=1S/C15H11N9O3/c25-14(21-19-10-4-2-1-3-5-10)13-18-15-16-6-9(8-23(15)22-13)12-11(24(26)27)7-17-20-12/h1-8,19H,(H,17,20)(H,21,25). The second-order valence-corrected chi connectivity index (χ2v) is 5.36. The lowest BCUT2D eigenvalue weighted by molar-refractivity contribution is -0.384. The van der Waals surface area contributed by atoms with E-state index >= 15 is 0 Å². The van der Waals surface area contributed by atoms with E-state index < -0.39 is 10.8 Å². The van der Waals surface area contributed by atoms with E-state index in [1.54, 1.807) is 12.1 Å². The Balaban J connectivity index is 1.58. The maximum absolute atomic E-state index is 12.2. The number of fused-ring (bicyclic) bond motifs is 1. The van der Waals surface area contributed by atoms with Gasteiger partial charge in [0.05, 0.1) is 10.6 Å². The Morgan fingerprint density at radius 2 is 2.04 bits per heavy atom. The van der Waals surface area contributed by atoms with Gasteiger partial charge in [0.25, 0.3) is 5.78 Å². The summed E-state index contributed by atoms with van der Waals surface area (Å²) >= 11 is 0. The summed E-state index contributed by atoms with van der Waals surface area (Å²) in [5.74, 6) is -0.494. The number of nitrogens with one attached hydrogen (secondary N) is 3. The van der Waals surface area contributed by atoms with Crippen LogP contribution in [-0.4, -0.2) is 40.6 Å². The van der Waals surface area contributed by atoms with Crippen molar-refractivity contribution in [2.24, 2.45) is 0 Å². The first-order valence-corrected chi connectivity index (χ1v) is 7.64. The Morgan fingerprint density at radius 3 is 2.81 bits per heavy atom. The number of benzene rings is 1. The van der Waals surface area contributed by atoms with Crippen LogP contribution < -0.4 is 10.9 Å². The molecule has 1 amide bonds. The molecule has 0 atom stereocenters. The van der Waals surface area contributed by atoms with Gasteiger partial charge in [0.15, 0.2) is 0 Å². The number of aromatic amines is 1. The highest BCUT2D eigenvalue weighted by Crippen LogP contribution is 2.26. The molecule has 0 fully saturated rings. The number of anilines is 1. The fourth-order valence-corrected chi connectivity index (χ4v) is 2.34. The molecule has 0 aliphatic heterocycles. The molecular formula is C15H11N9O3. The van der Waals surface area contributed by atoms with Gasteiger partial charge < -0.3 is 0 Å². The van der Waals surface area contributed by atoms with Gasteiger partial charge in [0.1, 0.15) is 11.9 Å². The number of rotatable bonds is 5. The van der Waals surface area contributed by atoms with Gasteiger partial charge in [-0.2, -0.15) is 10.1 Å². The molecule has 0 bridgehead atoms. The summed E-state index contributed by atoms with van der Waals surface area (Å²) in [5, 5.41) is 21.3. The Hall–Kier alpha value is -4.35. The fraction of sp³-hybridized carbons (Fsp3) is 0. The van der Waals surface area contributed by atoms with Crippen molar-refractivity contribution in [3.63, 3.8) is 0 Å². The molecule has 0 aliphatic carbocycles. The highest BCUT2D eigenvalue weighted by molar-refractivity contribution is 5.91. The molecule has 12 heteroatoms. The first kappa shape index (κ1) is 16.1. The van der Waals surface area contributed by atoms with Crippen LogP contribution in [0.2, 0.25) is 0 Å². The maximum atomic E-state index is 12.2. The van der Waals surface area contributed by atoms with Gasteiger partial charge in [-0.05, 0) is 12.1 Å². The zero-order valence-electron chi connectivity index (χ0n) is 13.5. The Bertz CT molecular complexity index is 1140. The minimum Gasteiger partial charge on any atom is -0.298 e. The third-order valence-corrected chi connectivity index (χ3v) is 3.60. The van der Waals surface area contributed by atoms with E-state index in [0.29, 0.717) is 11.3 Å². The zero-order valence-corrected chi connectivity index (χ0v) is 13.5. The van der Waals surface area contributed by atoms with Gasteiger partial charge >= 0.3 is 11.6 Å². The smallest absolute Gasteiger partial charge is 0.298 e. The van der Waals surface area contributed by atoms with Crippen LogP contribution in [0.3, 0.4) is 0 Å². The second kappa shape index (κ2) is 6.51. The number of carbonyl (C=O) groups excluding carboxylic acids is 1. The summed E-state index contributed by atoms with van der Waals surface area (Å²) in [5.41, 5.74) is 6.29. The van der Waals surface area contributed by atoms with Crippen LogP contribution in [0.5, 0.6) is 0 Å². The molecule has 3 N–H and O–H groups in total. The van der Waals surface area contributed by atoms with Gasteiger partial charge in [-0.25, -0.2) is 9.50 Å². The molecule has 27 heavy (non-hydrogen) atoms. The Morgan fingerprint density at radius 1 is 1.22 bits per heavy atom. The van der Waals surface area contributed by atoms with Crippen LogP contribution in [0.1, 0.15) is 10.6 Å². The fourth-order valence-electron chi connectivity index (χ4n) is 2.34. The molecular weight excluding hydrogens is 354 g/mol. The SMILES string of the molecule is O=C(NNc1ccccc1)c1nc2ncc(-c3[nH]ncc3[N+](=O)[O-])cn2n1. The number of H-pyrrole nitrogens is 1. The third-order valence-electron chi connectivity index (χ3n) is 3.60. The molecule has 3 heterocycles. The Labute approximate surface area is 150 Å². The number of hydrogen-bond acceptors (Lipinski definition) is 8. The van der Waals surface area contributed by atoms with Crippen molar-refractivity contribution in [1.29, 1.82) is 0 Å². The molecule has 0 saturated heterocycles. The summed E-state index contributed by atoms with van der Waals surface area (Å²) in [6.07, 6.45) is 3.96. The molecule has 3 aromatic heterocycles. The molecule has 12 nitrogen and oxygen atoms in total. The molecule has 4 rings (SSSR count). The van der Waals surface area contributed by atoms with E-state index in [4.69, 9.17) is 0 Å². The van der Waals surface area contributed by atoms with E-state index in [-0.39, 0.29) is 23.0 Å². The lowest BCUT2D eigenvalue weighted by Gasteiger charge is -2.05. The average Bonchev–Trinajstić information content (AvgIpc) is 3.33. The van der Waals surface area contributed by atoms with E-state index in [2.05, 4.69) is 36.1 Å². The van der Waals surface area contributed by atoms with Crippen LogP contribution >= 0.6 is 0 Å². The van der Waals surface area contributed by atoms with Crippen LogP contribution in [0, 0.1) is 10.1 Å². The second-order valence-electron chi connectivity index (χ2n) is 5.36. The van der Waals surface area contributed by atoms with Gasteiger partial charge in [0.2, 0.25) is 5.82 Å². The highest BCUT2D eigenvalue weighted by atomic mass is 16.6. The number of carbonyl (C=O) groups is 1. The van der Waals surface area contributed by atoms with Crippen LogP contribution in [-0.2, 0) is 0 Å². The predicted molar refractivity (Wildman–Crippen MR) is 92.5 cm³/mol. The van der Waals surface area contributed by atoms with Gasteiger partial charge in [-0.3, -0.25) is 30.9 Å². The minimum atomic E-state index is -0.557. The third kappa shape index (κ3) is 3.13. The highest BCUT2D eigenvalue weighted by Gasteiger charge is 2.20. The molecule has 1 aromatic carbocycles. The predicted octanol–water partition coefficient (Wildman–Crippen LogP) is 1.18. The van der Waals surface area contributed by atoms with Crippen molar-refractivity contribution in [3.05, 3.63) is 64.9 Å². The van der Waals surface area contributed by atoms with E-state index in [0.717, 1.165) is 6.20 Å². The van der Waals surface area contributed by atoms with Crippen molar-refractivity contribution in [2.75, 3.05) is 5.43 Å². The number of amides is 1. The maximum Gasteiger partial charge on any atom is 0.314 e. The van der Waals surface area contributed by atoms with Gasteiger partial charge in [-0.15, -0.1) is 5.10 Å². The number of para-hydroxylation sites is 1. The summed E-state index contributed by atoms with van der Waals surface area (Å²) in [6.45, 7) is 0. The minimum absolute atomic E-state index is 0.109. The summed E-state index contributed by atoms with van der Waals surface area (Å²) in [4.78, 5) is 30.8. The summed E-state index contributed by atoms with van der Waals surface area (Å²) in [7, 11) is 0. The van der Waals surface area contributed by atoms with Crippen LogP contribution in [0.25, 0.3) is 17.0 Å². The topological polar surface area (TPSA) is 156 Å².